The van der Waals surface area contributed by atoms with Crippen LogP contribution in [0.3, 0.4) is 0 Å². The van der Waals surface area contributed by atoms with Crippen LogP contribution in [0.4, 0.5) is 0 Å². The van der Waals surface area contributed by atoms with Gasteiger partial charge in [0.25, 0.3) is 0 Å². The molecule has 0 N–H and O–H groups in total. The number of hydrogen-bond acceptors (Lipinski definition) is 1. The topological polar surface area (TPSA) is 12.5 Å². The van der Waals surface area contributed by atoms with Gasteiger partial charge < -0.3 is 4.74 Å². The van der Waals surface area contributed by atoms with Gasteiger partial charge in [0.2, 0.25) is 0 Å². The van der Waals surface area contributed by atoms with Crippen LogP contribution in [0.5, 0.6) is 0 Å². The van der Waals surface area contributed by atoms with E-state index in [4.69, 9.17) is 4.74 Å². The van der Waals surface area contributed by atoms with Gasteiger partial charge in [-0.05, 0) is 13.0 Å². The van der Waals surface area contributed by atoms with Gasteiger partial charge in [0.1, 0.15) is 0 Å². The third-order valence-corrected chi connectivity index (χ3v) is 1.67. The molecule has 1 fully saturated rings. The largest absolute Gasteiger partial charge is 1.00 e. The predicted octanol–water partition coefficient (Wildman–Crippen LogP) is -1.01. The Bertz CT molecular complexity index is 222. The zero-order valence-electron chi connectivity index (χ0n) is 6.87. The molecule has 0 aromatic heterocycles. The van der Waals surface area contributed by atoms with Crippen LogP contribution in [0.2, 0.25) is 0 Å². The summed E-state index contributed by atoms with van der Waals surface area (Å²) in [5, 5.41) is 0. The van der Waals surface area contributed by atoms with E-state index in [2.05, 4.69) is 19.1 Å². The molecule has 1 aliphatic rings. The quantitative estimate of drug-likeness (QED) is 0.276. The van der Waals surface area contributed by atoms with E-state index >= 15 is 0 Å². The summed E-state index contributed by atoms with van der Waals surface area (Å²) >= 11 is 0. The Morgan fingerprint density at radius 3 is 2.27 bits per heavy atom. The number of hydrogen-bond donors (Lipinski definition) is 0. The van der Waals surface area contributed by atoms with E-state index in [1.807, 2.05) is 18.2 Å². The molecule has 2 rings (SSSR count). The molecule has 1 nitrogen and oxygen atoms in total. The third kappa shape index (κ3) is 1.81. The van der Waals surface area contributed by atoms with E-state index < -0.39 is 0 Å². The molecule has 1 saturated heterocycles. The van der Waals surface area contributed by atoms with Gasteiger partial charge in [-0.2, -0.15) is 17.7 Å². The first-order valence-electron chi connectivity index (χ1n) is 3.47. The fourth-order valence-corrected chi connectivity index (χ4v) is 1.06. The summed E-state index contributed by atoms with van der Waals surface area (Å²) < 4.78 is 5.22. The van der Waals surface area contributed by atoms with Gasteiger partial charge in [0.15, 0.2) is 0 Å². The molecule has 52 valence electrons. The average molecular weight is 140 g/mol. The molecule has 2 heteroatoms. The van der Waals surface area contributed by atoms with Gasteiger partial charge in [0.05, 0.1) is 0 Å². The first kappa shape index (κ1) is 8.74. The van der Waals surface area contributed by atoms with E-state index in [9.17, 15) is 0 Å². The van der Waals surface area contributed by atoms with Crippen LogP contribution in [0.1, 0.15) is 12.5 Å². The predicted molar refractivity (Wildman–Crippen MR) is 39.3 cm³/mol. The molecule has 1 atom stereocenters. The van der Waals surface area contributed by atoms with Gasteiger partial charge in [0, 0.05) is 6.10 Å². The van der Waals surface area contributed by atoms with Gasteiger partial charge >= 0.3 is 18.9 Å². The van der Waals surface area contributed by atoms with Crippen molar-refractivity contribution < 1.29 is 23.6 Å². The van der Waals surface area contributed by atoms with Crippen LogP contribution in [-0.2, 0) is 4.74 Å². The normalized spacial score (nSPS) is 20.8. The second-order valence-corrected chi connectivity index (χ2v) is 2.49. The first-order valence-corrected chi connectivity index (χ1v) is 3.47. The van der Waals surface area contributed by atoms with Crippen LogP contribution in [-0.4, -0.2) is 6.10 Å². The van der Waals surface area contributed by atoms with Crippen LogP contribution in [0.25, 0.3) is 0 Å². The van der Waals surface area contributed by atoms with Gasteiger partial charge in [-0.3, -0.25) is 0 Å². The second-order valence-electron chi connectivity index (χ2n) is 2.49. The molecule has 1 aromatic rings. The SMILES string of the molecule is C[C@H]1O[C-]1c1ccccc1.[Li+]. The van der Waals surface area contributed by atoms with Gasteiger partial charge in [-0.1, -0.05) is 6.07 Å². The summed E-state index contributed by atoms with van der Waals surface area (Å²) in [5.41, 5.74) is 1.22. The van der Waals surface area contributed by atoms with E-state index in [1.54, 1.807) is 0 Å². The Hall–Kier alpha value is -0.353. The monoisotopic (exact) mass is 140 g/mol. The zero-order valence-corrected chi connectivity index (χ0v) is 6.87. The Kier molecular flexibility index (Phi) is 2.67. The molecule has 0 bridgehead atoms. The summed E-state index contributed by atoms with van der Waals surface area (Å²) in [6.45, 7) is 2.06. The second kappa shape index (κ2) is 3.36. The van der Waals surface area contributed by atoms with Crippen LogP contribution in [0.15, 0.2) is 30.3 Å². The average Bonchev–Trinajstić information content (AvgIpc) is 2.69. The fraction of sp³-hybridized carbons (Fsp3) is 0.222. The Morgan fingerprint density at radius 2 is 1.82 bits per heavy atom. The van der Waals surface area contributed by atoms with Crippen molar-refractivity contribution in [1.29, 1.82) is 0 Å². The molecule has 0 unspecified atom stereocenters. The first-order chi connectivity index (χ1) is 4.88. The van der Waals surface area contributed by atoms with E-state index in [0.717, 1.165) is 6.10 Å². The van der Waals surface area contributed by atoms with E-state index in [-0.39, 0.29) is 18.9 Å². The van der Waals surface area contributed by atoms with Crippen molar-refractivity contribution in [3.8, 4) is 0 Å². The van der Waals surface area contributed by atoms with E-state index in [1.165, 1.54) is 5.56 Å². The third-order valence-electron chi connectivity index (χ3n) is 1.67. The van der Waals surface area contributed by atoms with E-state index in [0.29, 0.717) is 6.10 Å². The van der Waals surface area contributed by atoms with Crippen LogP contribution >= 0.6 is 0 Å². The molecule has 0 aliphatic carbocycles. The summed E-state index contributed by atoms with van der Waals surface area (Å²) in [6.07, 6.45) is 1.48. The molecule has 0 radical (unpaired) electrons. The molecule has 11 heavy (non-hydrogen) atoms. The van der Waals surface area contributed by atoms with Crippen molar-refractivity contribution in [2.24, 2.45) is 0 Å². The molecule has 0 saturated carbocycles. The minimum Gasteiger partial charge on any atom is -0.410 e. The minimum atomic E-state index is 0. The molecular weight excluding hydrogens is 131 g/mol. The fourth-order valence-electron chi connectivity index (χ4n) is 1.06. The maximum atomic E-state index is 5.22. The standard InChI is InChI=1S/C9H9O.Li/c1-7-9(10-7)8-5-3-2-4-6-8;/h2-7H,1H3;/q-1;+1/t7-;/m1./s1. The van der Waals surface area contributed by atoms with Crippen molar-refractivity contribution >= 4 is 0 Å². The molecule has 1 aromatic carbocycles. The van der Waals surface area contributed by atoms with Crippen molar-refractivity contribution in [2.75, 3.05) is 0 Å². The smallest absolute Gasteiger partial charge is 0.410 e. The maximum absolute atomic E-state index is 5.22. The molecule has 0 spiro atoms. The number of rotatable bonds is 1. The minimum absolute atomic E-state index is 0. The summed E-state index contributed by atoms with van der Waals surface area (Å²) in [7, 11) is 0. The summed E-state index contributed by atoms with van der Waals surface area (Å²) in [6, 6.07) is 10.2. The Morgan fingerprint density at radius 1 is 1.27 bits per heavy atom. The van der Waals surface area contributed by atoms with Crippen molar-refractivity contribution in [2.45, 2.75) is 13.0 Å². The number of epoxide rings is 1. The molecule has 1 heterocycles. The molecule has 0 amide bonds. The molecule has 1 aliphatic heterocycles. The van der Waals surface area contributed by atoms with Crippen molar-refractivity contribution in [3.63, 3.8) is 0 Å². The van der Waals surface area contributed by atoms with Gasteiger partial charge in [-0.25, -0.2) is 0 Å². The van der Waals surface area contributed by atoms with Crippen LogP contribution < -0.4 is 18.9 Å². The Balaban J connectivity index is 0.000000605. The number of benzene rings is 1. The van der Waals surface area contributed by atoms with Crippen molar-refractivity contribution in [3.05, 3.63) is 42.0 Å². The summed E-state index contributed by atoms with van der Waals surface area (Å²) in [4.78, 5) is 0. The maximum Gasteiger partial charge on any atom is 1.00 e. The van der Waals surface area contributed by atoms with Gasteiger partial charge in [-0.15, -0.1) is 12.1 Å². The summed E-state index contributed by atoms with van der Waals surface area (Å²) in [5.74, 6) is 0. The Labute approximate surface area is 78.9 Å². The molecular formula is C9H9LiO. The van der Waals surface area contributed by atoms with Crippen molar-refractivity contribution in [1.82, 2.24) is 0 Å². The van der Waals surface area contributed by atoms with Crippen LogP contribution in [0, 0.1) is 6.10 Å². The zero-order chi connectivity index (χ0) is 6.97. The number of ether oxygens (including phenoxy) is 1.